The van der Waals surface area contributed by atoms with Crippen molar-refractivity contribution in [2.75, 3.05) is 0 Å². The molecule has 3 rings (SSSR count). The first-order valence-electron chi connectivity index (χ1n) is 7.43. The number of nitrogens with zero attached hydrogens (tertiary/aromatic N) is 2. The molecule has 1 heterocycles. The number of rotatable bonds is 2. The van der Waals surface area contributed by atoms with Crippen molar-refractivity contribution in [2.45, 2.75) is 6.92 Å². The minimum Gasteiger partial charge on any atom is -0.370 e. The Hall–Kier alpha value is -3.12. The molecule has 7 heteroatoms. The van der Waals surface area contributed by atoms with E-state index >= 15 is 0 Å². The first-order chi connectivity index (χ1) is 11.9. The summed E-state index contributed by atoms with van der Waals surface area (Å²) in [6.07, 6.45) is 1.45. The van der Waals surface area contributed by atoms with Crippen LogP contribution in [0.1, 0.15) is 15.9 Å². The van der Waals surface area contributed by atoms with Crippen LogP contribution < -0.4 is 17.0 Å². The topological polar surface area (TPSA) is 103 Å². The van der Waals surface area contributed by atoms with Crippen molar-refractivity contribution in [3.8, 4) is 5.69 Å². The third-order valence-electron chi connectivity index (χ3n) is 3.74. The zero-order valence-electron chi connectivity index (χ0n) is 13.4. The van der Waals surface area contributed by atoms with E-state index in [2.05, 4.69) is 4.99 Å². The Morgan fingerprint density at radius 1 is 1.08 bits per heavy atom. The molecule has 0 aliphatic rings. The predicted octanol–water partition coefficient (Wildman–Crippen LogP) is 2.37. The number of amides is 1. The molecule has 0 saturated carbocycles. The molecule has 0 atom stereocenters. The van der Waals surface area contributed by atoms with Crippen LogP contribution in [0.25, 0.3) is 16.5 Å². The van der Waals surface area contributed by atoms with E-state index in [1.807, 2.05) is 13.0 Å². The van der Waals surface area contributed by atoms with E-state index in [0.29, 0.717) is 21.5 Å². The number of benzene rings is 2. The molecule has 1 aromatic heterocycles. The Balaban J connectivity index is 2.36. The fourth-order valence-corrected chi connectivity index (χ4v) is 2.72. The number of pyridine rings is 1. The van der Waals surface area contributed by atoms with Crippen LogP contribution in [-0.4, -0.2) is 16.4 Å². The summed E-state index contributed by atoms with van der Waals surface area (Å²) in [6, 6.07) is 12.0. The van der Waals surface area contributed by atoms with Crippen molar-refractivity contribution >= 4 is 34.2 Å². The largest absolute Gasteiger partial charge is 0.370 e. The van der Waals surface area contributed by atoms with Crippen molar-refractivity contribution in [3.05, 3.63) is 75.2 Å². The summed E-state index contributed by atoms with van der Waals surface area (Å²) in [6.45, 7) is 1.87. The summed E-state index contributed by atoms with van der Waals surface area (Å²) in [4.78, 5) is 28.9. The maximum Gasteiger partial charge on any atom is 0.282 e. The van der Waals surface area contributed by atoms with Crippen LogP contribution in [0.3, 0.4) is 0 Å². The number of hydrogen-bond acceptors (Lipinski definition) is 2. The van der Waals surface area contributed by atoms with Gasteiger partial charge in [0, 0.05) is 27.7 Å². The molecule has 0 spiro atoms. The number of aliphatic imine (C=N–C) groups is 1. The summed E-state index contributed by atoms with van der Waals surface area (Å²) in [5.41, 5.74) is 12.1. The number of fused-ring (bicyclic) bond motifs is 1. The average Bonchev–Trinajstić information content (AvgIpc) is 2.55. The van der Waals surface area contributed by atoms with Gasteiger partial charge >= 0.3 is 0 Å². The van der Waals surface area contributed by atoms with Crippen molar-refractivity contribution in [2.24, 2.45) is 16.5 Å². The molecule has 0 saturated heterocycles. The molecule has 4 N–H and O–H groups in total. The summed E-state index contributed by atoms with van der Waals surface area (Å²) in [7, 11) is 0. The molecule has 2 aromatic carbocycles. The van der Waals surface area contributed by atoms with Crippen LogP contribution in [-0.2, 0) is 0 Å². The normalized spacial score (nSPS) is 10.6. The highest BCUT2D eigenvalue weighted by molar-refractivity contribution is 6.30. The highest BCUT2D eigenvalue weighted by atomic mass is 35.5. The van der Waals surface area contributed by atoms with Crippen LogP contribution in [0, 0.1) is 6.92 Å². The molecule has 126 valence electrons. The minimum atomic E-state index is -0.613. The summed E-state index contributed by atoms with van der Waals surface area (Å²) in [5, 5.41) is 1.45. The Kier molecular flexibility index (Phi) is 4.29. The molecule has 0 aliphatic carbocycles. The first-order valence-corrected chi connectivity index (χ1v) is 7.80. The summed E-state index contributed by atoms with van der Waals surface area (Å²) in [5.74, 6) is -0.951. The molecule has 1 amide bonds. The van der Waals surface area contributed by atoms with Gasteiger partial charge in [-0.3, -0.25) is 14.2 Å². The van der Waals surface area contributed by atoms with Crippen molar-refractivity contribution < 1.29 is 4.79 Å². The minimum absolute atomic E-state index is 0.238. The van der Waals surface area contributed by atoms with Crippen LogP contribution in [0.4, 0.5) is 0 Å². The number of nitrogens with two attached hydrogens (primary N) is 2. The number of aromatic nitrogens is 1. The first kappa shape index (κ1) is 16.7. The zero-order chi connectivity index (χ0) is 18.1. The van der Waals surface area contributed by atoms with E-state index in [1.165, 1.54) is 10.8 Å². The third-order valence-corrected chi connectivity index (χ3v) is 3.99. The van der Waals surface area contributed by atoms with Crippen molar-refractivity contribution in [1.82, 2.24) is 4.57 Å². The lowest BCUT2D eigenvalue weighted by Gasteiger charge is -2.11. The second-order valence-electron chi connectivity index (χ2n) is 5.59. The van der Waals surface area contributed by atoms with Gasteiger partial charge in [-0.15, -0.1) is 0 Å². The quantitative estimate of drug-likeness (QED) is 0.544. The molecular weight excluding hydrogens is 340 g/mol. The number of aryl methyl sites for hydroxylation is 1. The van der Waals surface area contributed by atoms with E-state index in [4.69, 9.17) is 23.1 Å². The van der Waals surface area contributed by atoms with Gasteiger partial charge in [0.15, 0.2) is 5.96 Å². The molecule has 6 nitrogen and oxygen atoms in total. The molecule has 0 fully saturated rings. The highest BCUT2D eigenvalue weighted by Crippen LogP contribution is 2.21. The average molecular weight is 355 g/mol. The second kappa shape index (κ2) is 6.41. The fourth-order valence-electron chi connectivity index (χ4n) is 2.60. The number of halogens is 1. The maximum atomic E-state index is 12.9. The van der Waals surface area contributed by atoms with Gasteiger partial charge in [0.05, 0.1) is 5.56 Å². The van der Waals surface area contributed by atoms with Gasteiger partial charge < -0.3 is 11.5 Å². The van der Waals surface area contributed by atoms with Crippen LogP contribution in [0.15, 0.2) is 58.4 Å². The molecular formula is C18H15ClN4O2. The number of carbonyl (C=O) groups is 1. The van der Waals surface area contributed by atoms with E-state index in [0.717, 1.165) is 5.56 Å². The SMILES string of the molecule is Cc1ccc2c(=O)n(-c3ccc(Cl)cc3)cc(C(=O)N=C(N)N)c2c1. The van der Waals surface area contributed by atoms with E-state index in [9.17, 15) is 9.59 Å². The Bertz CT molecular complexity index is 1060. The Labute approximate surface area is 148 Å². The van der Waals surface area contributed by atoms with Crippen LogP contribution in [0.5, 0.6) is 0 Å². The summed E-state index contributed by atoms with van der Waals surface area (Å²) < 4.78 is 1.38. The maximum absolute atomic E-state index is 12.9. The smallest absolute Gasteiger partial charge is 0.282 e. The van der Waals surface area contributed by atoms with E-state index in [-0.39, 0.29) is 17.1 Å². The third kappa shape index (κ3) is 3.25. The van der Waals surface area contributed by atoms with E-state index < -0.39 is 5.91 Å². The molecule has 0 radical (unpaired) electrons. The van der Waals surface area contributed by atoms with Gasteiger partial charge in [0.2, 0.25) is 0 Å². The lowest BCUT2D eigenvalue weighted by molar-refractivity contribution is 0.100. The van der Waals surface area contributed by atoms with Crippen LogP contribution >= 0.6 is 11.6 Å². The standard InChI is InChI=1S/C18H15ClN4O2/c1-10-2-7-13-14(8-10)15(16(24)22-18(20)21)9-23(17(13)25)12-5-3-11(19)4-6-12/h2-9H,1H3,(H4,20,21,22,24). The Morgan fingerprint density at radius 2 is 1.76 bits per heavy atom. The van der Waals surface area contributed by atoms with Crippen LogP contribution in [0.2, 0.25) is 5.02 Å². The molecule has 25 heavy (non-hydrogen) atoms. The fraction of sp³-hybridized carbons (Fsp3) is 0.0556. The van der Waals surface area contributed by atoms with Gasteiger partial charge in [0.25, 0.3) is 11.5 Å². The Morgan fingerprint density at radius 3 is 2.40 bits per heavy atom. The zero-order valence-corrected chi connectivity index (χ0v) is 14.1. The van der Waals surface area contributed by atoms with E-state index in [1.54, 1.807) is 36.4 Å². The lowest BCUT2D eigenvalue weighted by Crippen LogP contribution is -2.25. The molecule has 3 aromatic rings. The predicted molar refractivity (Wildman–Crippen MR) is 99.4 cm³/mol. The number of guanidine groups is 1. The van der Waals surface area contributed by atoms with Crippen molar-refractivity contribution in [1.29, 1.82) is 0 Å². The lowest BCUT2D eigenvalue weighted by atomic mass is 10.0. The summed E-state index contributed by atoms with van der Waals surface area (Å²) >= 11 is 5.90. The van der Waals surface area contributed by atoms with Crippen molar-refractivity contribution in [3.63, 3.8) is 0 Å². The second-order valence-corrected chi connectivity index (χ2v) is 6.02. The van der Waals surface area contributed by atoms with Gasteiger partial charge in [-0.05, 0) is 37.3 Å². The van der Waals surface area contributed by atoms with Gasteiger partial charge in [0.1, 0.15) is 0 Å². The highest BCUT2D eigenvalue weighted by Gasteiger charge is 2.16. The number of hydrogen-bond donors (Lipinski definition) is 2. The monoisotopic (exact) mass is 354 g/mol. The molecule has 0 unspecified atom stereocenters. The molecule has 0 bridgehead atoms. The molecule has 0 aliphatic heterocycles. The van der Waals surface area contributed by atoms with Gasteiger partial charge in [-0.2, -0.15) is 4.99 Å². The van der Waals surface area contributed by atoms with Gasteiger partial charge in [-0.25, -0.2) is 0 Å². The van der Waals surface area contributed by atoms with Gasteiger partial charge in [-0.1, -0.05) is 29.3 Å². The number of carbonyl (C=O) groups excluding carboxylic acids is 1.